The van der Waals surface area contributed by atoms with Crippen LogP contribution < -0.4 is 4.74 Å². The molecule has 0 aliphatic heterocycles. The van der Waals surface area contributed by atoms with Gasteiger partial charge in [-0.2, -0.15) is 0 Å². The van der Waals surface area contributed by atoms with Crippen LogP contribution in [0.5, 0.6) is 11.5 Å². The molecule has 0 fully saturated rings. The summed E-state index contributed by atoms with van der Waals surface area (Å²) in [5, 5.41) is 3.76. The van der Waals surface area contributed by atoms with Crippen LogP contribution in [0.2, 0.25) is 0 Å². The molecule has 0 N–H and O–H groups in total. The summed E-state index contributed by atoms with van der Waals surface area (Å²) in [4.78, 5) is 5.03. The van der Waals surface area contributed by atoms with Crippen molar-refractivity contribution in [2.45, 2.75) is 26.2 Å². The second-order valence-corrected chi connectivity index (χ2v) is 23.9. The van der Waals surface area contributed by atoms with Gasteiger partial charge in [-0.15, -0.1) is 0 Å². The van der Waals surface area contributed by atoms with Crippen LogP contribution in [0.1, 0.15) is 40.0 Å². The number of nitrogens with zero attached hydrogens (tertiary/aromatic N) is 5. The van der Waals surface area contributed by atoms with Crippen molar-refractivity contribution < 1.29 is 37.8 Å². The predicted molar refractivity (Wildman–Crippen MR) is 362 cm³/mol. The summed E-state index contributed by atoms with van der Waals surface area (Å²) in [7, 11) is 0. The van der Waals surface area contributed by atoms with Gasteiger partial charge in [0.2, 0.25) is 0 Å². The summed E-state index contributed by atoms with van der Waals surface area (Å²) < 4.78 is 108. The number of para-hydroxylation sites is 4. The van der Waals surface area contributed by atoms with Gasteiger partial charge >= 0.3 is 382 Å². The Bertz CT molecular complexity index is 5850. The third-order valence-electron chi connectivity index (χ3n) is 16.6. The van der Waals surface area contributed by atoms with E-state index in [2.05, 4.69) is 160 Å². The Kier molecular flexibility index (Phi) is 10.8. The van der Waals surface area contributed by atoms with Crippen LogP contribution >= 0.6 is 0 Å². The molecule has 16 aromatic rings. The van der Waals surface area contributed by atoms with Crippen molar-refractivity contribution in [1.82, 2.24) is 23.3 Å². The summed E-state index contributed by atoms with van der Waals surface area (Å²) in [6, 6.07) is 76.4. The quantitative estimate of drug-likeness (QED) is 0.121. The number of rotatable bonds is 11. The molecule has 16 rings (SSSR count). The van der Waals surface area contributed by atoms with Gasteiger partial charge in [0.25, 0.3) is 0 Å². The molecule has 0 bridgehead atoms. The molecule has 4 heterocycles. The van der Waals surface area contributed by atoms with E-state index in [1.54, 1.807) is 12.1 Å². The first-order chi connectivity index (χ1) is 47.9. The second-order valence-electron chi connectivity index (χ2n) is 22.9. The van der Waals surface area contributed by atoms with E-state index >= 15 is 0 Å². The van der Waals surface area contributed by atoms with Crippen molar-refractivity contribution in [3.63, 3.8) is 0 Å². The number of imidazole rings is 1. The molecule has 0 spiro atoms. The van der Waals surface area contributed by atoms with Crippen LogP contribution in [0.25, 0.3) is 133 Å². The maximum absolute atomic E-state index is 9.66. The van der Waals surface area contributed by atoms with Gasteiger partial charge in [0.1, 0.15) is 0 Å². The van der Waals surface area contributed by atoms with Crippen LogP contribution in [0.3, 0.4) is 0 Å². The van der Waals surface area contributed by atoms with Gasteiger partial charge in [-0.3, -0.25) is 0 Å². The first-order valence-corrected chi connectivity index (χ1v) is 30.4. The average Bonchev–Trinajstić information content (AvgIpc) is 1.44. The molecular formula is C82H57N5OPt-2. The van der Waals surface area contributed by atoms with Crippen LogP contribution in [-0.4, -0.2) is 23.3 Å². The van der Waals surface area contributed by atoms with Gasteiger partial charge in [-0.1, -0.05) is 106 Å². The Morgan fingerprint density at radius 2 is 0.966 bits per heavy atom. The van der Waals surface area contributed by atoms with Gasteiger partial charge in [0.05, 0.1) is 0 Å². The van der Waals surface area contributed by atoms with Gasteiger partial charge in [-0.05, 0) is 50.4 Å². The second kappa shape index (κ2) is 21.9. The van der Waals surface area contributed by atoms with Crippen molar-refractivity contribution in [2.24, 2.45) is 0 Å². The van der Waals surface area contributed by atoms with Gasteiger partial charge in [-0.25, -0.2) is 0 Å². The molecule has 0 radical (unpaired) electrons. The number of fused-ring (bicyclic) bond motifs is 7. The molecule has 428 valence electrons. The number of ether oxygens (including phenoxy) is 1. The third-order valence-corrected chi connectivity index (χ3v) is 17.6. The van der Waals surface area contributed by atoms with Crippen molar-refractivity contribution in [3.8, 4) is 90.0 Å². The van der Waals surface area contributed by atoms with Crippen LogP contribution in [0.15, 0.2) is 291 Å². The maximum atomic E-state index is 9.66. The summed E-state index contributed by atoms with van der Waals surface area (Å²) in [5.74, 6) is 1.48. The van der Waals surface area contributed by atoms with Crippen molar-refractivity contribution >= 4 is 54.6 Å². The van der Waals surface area contributed by atoms with E-state index in [0.717, 1.165) is 88.4 Å². The minimum atomic E-state index is -0.591. The zero-order valence-corrected chi connectivity index (χ0v) is 50.7. The monoisotopic (exact) mass is 1330 g/mol. The van der Waals surface area contributed by atoms with Crippen molar-refractivity contribution in [3.05, 3.63) is 313 Å². The number of aromatic nitrogens is 5. The molecule has 0 saturated carbocycles. The molecule has 7 heteroatoms. The van der Waals surface area contributed by atoms with E-state index in [1.165, 1.54) is 0 Å². The molecule has 89 heavy (non-hydrogen) atoms. The number of hydrogen-bond donors (Lipinski definition) is 0. The fraction of sp³-hybridized carbons (Fsp3) is 0.0488. The predicted octanol–water partition coefficient (Wildman–Crippen LogP) is 21.1. The Labute approximate surface area is 541 Å². The first kappa shape index (κ1) is 43.9. The third kappa shape index (κ3) is 9.38. The normalized spacial score (nSPS) is 13.4. The number of pyridine rings is 1. The molecule has 0 unspecified atom stereocenters. The summed E-state index contributed by atoms with van der Waals surface area (Å²) >= 11 is 2.19. The first-order valence-electron chi connectivity index (χ1n) is 34.3. The summed E-state index contributed by atoms with van der Waals surface area (Å²) in [6.07, 6.45) is 1.86. The van der Waals surface area contributed by atoms with Gasteiger partial charge in [0, 0.05) is 6.20 Å². The molecular weight excluding hydrogens is 1270 g/mol. The number of hydrogen-bond acceptors (Lipinski definition) is 2. The molecule has 0 amide bonds. The van der Waals surface area contributed by atoms with Gasteiger partial charge in [0.15, 0.2) is 0 Å². The average molecular weight is 1330 g/mol. The standard InChI is InChI=1S/C82H57N5O.Pt/c1-82(2,3)60-46-47-83-79(49-60)87-75-45-42-59(80-65(55-24-8-4-9-25-55)36-23-37-66(80)56-26-10-5-11-27-56)48-72(75)69-44-43-64(53-78(69)87)88-63-33-22-32-61(50-63)84-54-85(77-41-21-20-40-76(77)84)81-70(57-28-12-6-13-29-57)51-62(52-71(81)58-30-14-7-15-31-58)86-73-38-18-16-34-67(73)68-35-17-19-39-74(68)86;/h4-49,51-52H,1-3H3;/q-2;/i6D,7D,12D,13D,14D,15D,28D,29D,30D,31D;. The van der Waals surface area contributed by atoms with E-state index < -0.39 is 60.4 Å². The molecule has 0 atom stereocenters. The van der Waals surface area contributed by atoms with Crippen LogP contribution in [-0.2, 0) is 24.8 Å². The van der Waals surface area contributed by atoms with Gasteiger partial charge < -0.3 is 0 Å². The fourth-order valence-corrected chi connectivity index (χ4v) is 13.7. The Morgan fingerprint density at radius 3 is 1.58 bits per heavy atom. The minimum absolute atomic E-state index is 0.134. The zero-order chi connectivity index (χ0) is 68.4. The Morgan fingerprint density at radius 1 is 0.416 bits per heavy atom. The van der Waals surface area contributed by atoms with Crippen LogP contribution in [0.4, 0.5) is 0 Å². The Hall–Kier alpha value is -10.7. The summed E-state index contributed by atoms with van der Waals surface area (Å²) in [5.41, 5.74) is 13.1. The van der Waals surface area contributed by atoms with E-state index in [0.29, 0.717) is 37.7 Å². The molecule has 12 aromatic carbocycles. The van der Waals surface area contributed by atoms with Crippen molar-refractivity contribution in [2.75, 3.05) is 0 Å². The van der Waals surface area contributed by atoms with E-state index in [1.807, 2.05) is 129 Å². The van der Waals surface area contributed by atoms with Crippen LogP contribution in [0, 0.1) is 15.9 Å². The van der Waals surface area contributed by atoms with E-state index in [-0.39, 0.29) is 33.4 Å². The van der Waals surface area contributed by atoms with E-state index in [9.17, 15) is 5.48 Å². The SMILES string of the molecule is [2H]c1c([2H])c([2H])c(-c2cc(-n3c4ccccc4c4ccccc43)cc(-c3c([2H])c([2H])c([2H])c([2H])c3[2H])c2-n2[c](=[Pt])n(-c3[c-]c(Oc4[c-]c5c(cc4)c4cc(-c6c(-c7ccccc7)cccc6-c6ccccc6)ccc4n5-c4cc(C(C)(C)C)ccn4)ccc3)c3ccccc32)c([2H])c1[2H]. The molecule has 6 nitrogen and oxygen atoms in total. The van der Waals surface area contributed by atoms with Crippen molar-refractivity contribution in [1.29, 1.82) is 0 Å². The molecule has 0 aliphatic carbocycles. The van der Waals surface area contributed by atoms with E-state index in [4.69, 9.17) is 17.9 Å². The topological polar surface area (TPSA) is 41.8 Å². The fourth-order valence-electron chi connectivity index (χ4n) is 12.6. The Balaban J connectivity index is 0.898. The zero-order valence-electron chi connectivity index (χ0n) is 58.4. The molecule has 0 saturated heterocycles. The molecule has 0 aliphatic rings. The molecule has 4 aromatic heterocycles. The summed E-state index contributed by atoms with van der Waals surface area (Å²) in [6.45, 7) is 6.56. The number of benzene rings is 12.